The van der Waals surface area contributed by atoms with Gasteiger partial charge in [-0.1, -0.05) is 212 Å². The molecule has 0 saturated heterocycles. The van der Waals surface area contributed by atoms with Gasteiger partial charge in [-0.2, -0.15) is 0 Å². The molecule has 1 aromatic heterocycles. The minimum absolute atomic E-state index is 0.535. The zero-order valence-electron chi connectivity index (χ0n) is 34.5. The van der Waals surface area contributed by atoms with Crippen LogP contribution in [0.5, 0.6) is 0 Å². The van der Waals surface area contributed by atoms with Gasteiger partial charge in [0.1, 0.15) is 11.2 Å². The first-order valence-electron chi connectivity index (χ1n) is 21.7. The highest BCUT2D eigenvalue weighted by Gasteiger charge is 2.47. The van der Waals surface area contributed by atoms with Gasteiger partial charge in [0.2, 0.25) is 0 Å². The van der Waals surface area contributed by atoms with Crippen molar-refractivity contribution in [3.63, 3.8) is 0 Å². The predicted octanol–water partition coefficient (Wildman–Crippen LogP) is 16.4. The number of anilines is 3. The van der Waals surface area contributed by atoms with E-state index in [4.69, 9.17) is 4.42 Å². The number of benzene rings is 10. The van der Waals surface area contributed by atoms with Gasteiger partial charge in [0.15, 0.2) is 0 Å². The van der Waals surface area contributed by atoms with Crippen molar-refractivity contribution >= 4 is 39.0 Å². The molecule has 12 rings (SSSR count). The molecule has 1 aliphatic rings. The molecule has 11 aromatic rings. The summed E-state index contributed by atoms with van der Waals surface area (Å²) in [5, 5.41) is 2.22. The highest BCUT2D eigenvalue weighted by Crippen LogP contribution is 2.60. The Hall–Kier alpha value is -8.20. The minimum atomic E-state index is -0.535. The van der Waals surface area contributed by atoms with Gasteiger partial charge in [0, 0.05) is 27.6 Å². The Labute approximate surface area is 367 Å². The minimum Gasteiger partial charge on any atom is -0.456 e. The fourth-order valence-electron chi connectivity index (χ4n) is 10.3. The van der Waals surface area contributed by atoms with E-state index in [-0.39, 0.29) is 0 Å². The normalized spacial score (nSPS) is 12.6. The fraction of sp³-hybridized carbons (Fsp3) is 0.0164. The van der Waals surface area contributed by atoms with Crippen LogP contribution in [0, 0.1) is 0 Å². The largest absolute Gasteiger partial charge is 0.456 e. The molecular formula is C61H41NO. The maximum atomic E-state index is 6.46. The van der Waals surface area contributed by atoms with E-state index in [1.54, 1.807) is 0 Å². The summed E-state index contributed by atoms with van der Waals surface area (Å²) in [7, 11) is 0. The third-order valence-corrected chi connectivity index (χ3v) is 13.0. The first kappa shape index (κ1) is 36.6. The van der Waals surface area contributed by atoms with Crippen LogP contribution >= 0.6 is 0 Å². The summed E-state index contributed by atoms with van der Waals surface area (Å²) in [4.78, 5) is 2.49. The van der Waals surface area contributed by atoms with E-state index in [0.29, 0.717) is 0 Å². The monoisotopic (exact) mass is 803 g/mol. The SMILES string of the molecule is c1ccc(-c2ccc(-c3ccc(N(c4ccccc4-c4cccc5oc6ccccc6c45)c4cccc5c4-c4ccccc4C5(c4ccccc4)c4ccccc4)cc3)cc2)cc1. The second-order valence-corrected chi connectivity index (χ2v) is 16.3. The van der Waals surface area contributed by atoms with Crippen LogP contribution in [0.4, 0.5) is 17.1 Å². The smallest absolute Gasteiger partial charge is 0.136 e. The maximum Gasteiger partial charge on any atom is 0.136 e. The summed E-state index contributed by atoms with van der Waals surface area (Å²) in [6, 6.07) is 90.2. The topological polar surface area (TPSA) is 16.4 Å². The number of hydrogen-bond acceptors (Lipinski definition) is 2. The summed E-state index contributed by atoms with van der Waals surface area (Å²) < 4.78 is 6.46. The van der Waals surface area contributed by atoms with Crippen molar-refractivity contribution in [3.8, 4) is 44.5 Å². The molecule has 1 aliphatic carbocycles. The Kier molecular flexibility index (Phi) is 8.76. The lowest BCUT2D eigenvalue weighted by Gasteiger charge is -2.34. The van der Waals surface area contributed by atoms with Crippen molar-refractivity contribution in [1.82, 2.24) is 0 Å². The summed E-state index contributed by atoms with van der Waals surface area (Å²) in [5.74, 6) is 0. The predicted molar refractivity (Wildman–Crippen MR) is 262 cm³/mol. The van der Waals surface area contributed by atoms with E-state index in [9.17, 15) is 0 Å². The lowest BCUT2D eigenvalue weighted by atomic mass is 9.68. The second-order valence-electron chi connectivity index (χ2n) is 16.3. The molecule has 0 aliphatic heterocycles. The van der Waals surface area contributed by atoms with Gasteiger partial charge in [-0.15, -0.1) is 0 Å². The number of hydrogen-bond donors (Lipinski definition) is 0. The zero-order chi connectivity index (χ0) is 41.7. The first-order valence-corrected chi connectivity index (χ1v) is 21.7. The molecule has 0 saturated carbocycles. The fourth-order valence-corrected chi connectivity index (χ4v) is 10.3. The average Bonchev–Trinajstić information content (AvgIpc) is 3.90. The summed E-state index contributed by atoms with van der Waals surface area (Å²) in [6.45, 7) is 0. The van der Waals surface area contributed by atoms with Crippen molar-refractivity contribution in [2.75, 3.05) is 4.90 Å². The van der Waals surface area contributed by atoms with Gasteiger partial charge in [-0.25, -0.2) is 0 Å². The molecule has 0 bridgehead atoms. The molecule has 0 spiro atoms. The third kappa shape index (κ3) is 5.87. The summed E-state index contributed by atoms with van der Waals surface area (Å²) in [5.41, 5.74) is 19.0. The molecule has 0 amide bonds. The van der Waals surface area contributed by atoms with E-state index >= 15 is 0 Å². The Morgan fingerprint density at radius 1 is 0.317 bits per heavy atom. The summed E-state index contributed by atoms with van der Waals surface area (Å²) >= 11 is 0. The Bertz CT molecular complexity index is 3380. The molecule has 0 radical (unpaired) electrons. The number of fused-ring (bicyclic) bond motifs is 6. The lowest BCUT2D eigenvalue weighted by molar-refractivity contribution is 0.669. The average molecular weight is 804 g/mol. The number of rotatable bonds is 8. The van der Waals surface area contributed by atoms with E-state index in [1.165, 1.54) is 50.1 Å². The van der Waals surface area contributed by atoms with Gasteiger partial charge >= 0.3 is 0 Å². The Morgan fingerprint density at radius 2 is 0.794 bits per heavy atom. The van der Waals surface area contributed by atoms with E-state index in [1.807, 2.05) is 6.07 Å². The molecule has 63 heavy (non-hydrogen) atoms. The van der Waals surface area contributed by atoms with Crippen molar-refractivity contribution in [3.05, 3.63) is 271 Å². The van der Waals surface area contributed by atoms with Crippen molar-refractivity contribution in [2.45, 2.75) is 5.41 Å². The van der Waals surface area contributed by atoms with Gasteiger partial charge in [0.05, 0.1) is 16.8 Å². The van der Waals surface area contributed by atoms with Crippen LogP contribution in [-0.4, -0.2) is 0 Å². The van der Waals surface area contributed by atoms with Gasteiger partial charge in [0.25, 0.3) is 0 Å². The highest BCUT2D eigenvalue weighted by molar-refractivity contribution is 6.14. The molecular weight excluding hydrogens is 763 g/mol. The van der Waals surface area contributed by atoms with Crippen LogP contribution in [0.3, 0.4) is 0 Å². The van der Waals surface area contributed by atoms with Crippen LogP contribution in [0.2, 0.25) is 0 Å². The van der Waals surface area contributed by atoms with Gasteiger partial charge in [-0.05, 0) is 92.0 Å². The van der Waals surface area contributed by atoms with Crippen LogP contribution in [0.15, 0.2) is 253 Å². The van der Waals surface area contributed by atoms with Crippen LogP contribution in [-0.2, 0) is 5.41 Å². The van der Waals surface area contributed by atoms with E-state index in [2.05, 4.69) is 248 Å². The summed E-state index contributed by atoms with van der Waals surface area (Å²) in [6.07, 6.45) is 0. The highest BCUT2D eigenvalue weighted by atomic mass is 16.3. The van der Waals surface area contributed by atoms with Crippen molar-refractivity contribution < 1.29 is 4.42 Å². The zero-order valence-corrected chi connectivity index (χ0v) is 34.5. The molecule has 2 nitrogen and oxygen atoms in total. The van der Waals surface area contributed by atoms with Crippen LogP contribution in [0.1, 0.15) is 22.3 Å². The van der Waals surface area contributed by atoms with E-state index < -0.39 is 5.41 Å². The molecule has 2 heteroatoms. The van der Waals surface area contributed by atoms with Crippen molar-refractivity contribution in [2.24, 2.45) is 0 Å². The van der Waals surface area contributed by atoms with Gasteiger partial charge < -0.3 is 9.32 Å². The maximum absolute atomic E-state index is 6.46. The lowest BCUT2D eigenvalue weighted by Crippen LogP contribution is -2.28. The number of nitrogens with zero attached hydrogens (tertiary/aromatic N) is 1. The molecule has 296 valence electrons. The van der Waals surface area contributed by atoms with E-state index in [0.717, 1.165) is 55.7 Å². The quantitative estimate of drug-likeness (QED) is 0.152. The Morgan fingerprint density at radius 3 is 1.49 bits per heavy atom. The van der Waals surface area contributed by atoms with Crippen molar-refractivity contribution in [1.29, 1.82) is 0 Å². The second kappa shape index (κ2) is 15.1. The molecule has 0 atom stereocenters. The van der Waals surface area contributed by atoms with Crippen LogP contribution in [0.25, 0.3) is 66.4 Å². The molecule has 0 unspecified atom stereocenters. The number of furan rings is 1. The molecule has 0 N–H and O–H groups in total. The van der Waals surface area contributed by atoms with Crippen LogP contribution < -0.4 is 4.90 Å². The number of para-hydroxylation sites is 2. The third-order valence-electron chi connectivity index (χ3n) is 13.0. The molecule has 0 fully saturated rings. The van der Waals surface area contributed by atoms with Gasteiger partial charge in [-0.3, -0.25) is 0 Å². The first-order chi connectivity index (χ1) is 31.3. The Balaban J connectivity index is 1.10. The standard InChI is InChI=1S/C61H41NO/c1-4-18-42(19-5-1)43-34-36-44(37-35-43)45-38-40-48(41-39-45)62(55-30-14-11-24-49(55)50-27-16-33-58-59(50)52-26-12-15-32-57(52)63-58)56-31-17-29-54-60(56)51-25-10-13-28-53(51)61(54,46-20-6-2-7-21-46)47-22-8-3-9-23-47/h1-41H. The molecule has 1 heterocycles. The molecule has 10 aromatic carbocycles.